The summed E-state index contributed by atoms with van der Waals surface area (Å²) in [6.45, 7) is 1.83. The molecule has 0 spiro atoms. The van der Waals surface area contributed by atoms with Gasteiger partial charge in [0.1, 0.15) is 0 Å². The van der Waals surface area contributed by atoms with Crippen LogP contribution in [0.25, 0.3) is 0 Å². The topological polar surface area (TPSA) is 135 Å². The average Bonchev–Trinajstić information content (AvgIpc) is 2.01. The molecule has 1 unspecified atom stereocenters. The van der Waals surface area contributed by atoms with Crippen LogP contribution in [0.2, 0.25) is 0 Å². The molecule has 0 radical (unpaired) electrons. The van der Waals surface area contributed by atoms with E-state index in [-0.39, 0.29) is 0 Å². The number of hydrogen-bond acceptors (Lipinski definition) is 5. The second-order valence-corrected chi connectivity index (χ2v) is 3.44. The van der Waals surface area contributed by atoms with Crippen molar-refractivity contribution in [2.75, 3.05) is 0 Å². The molecule has 7 heteroatoms. The fourth-order valence-electron chi connectivity index (χ4n) is 0.775. The number of carboxylic acids is 2. The average molecular weight is 208 g/mol. The summed E-state index contributed by atoms with van der Waals surface area (Å²) in [5.41, 5.74) is -2.13. The van der Waals surface area contributed by atoms with Gasteiger partial charge in [-0.15, -0.1) is 0 Å². The highest BCUT2D eigenvalue weighted by Gasteiger charge is 2.55. The number of aliphatic hydroxyl groups is 3. The molecule has 0 saturated carbocycles. The number of carboxylic acid groups (broad SMARTS) is 2. The molecule has 0 aromatic heterocycles. The molecule has 0 rings (SSSR count). The first-order chi connectivity index (χ1) is 6.05. The van der Waals surface area contributed by atoms with Crippen molar-refractivity contribution >= 4 is 11.9 Å². The highest BCUT2D eigenvalue weighted by molar-refractivity contribution is 5.80. The smallest absolute Gasteiger partial charge is 0.364 e. The predicted octanol–water partition coefficient (Wildman–Crippen LogP) is -1.78. The number of hydrogen-bond donors (Lipinski definition) is 5. The van der Waals surface area contributed by atoms with Crippen molar-refractivity contribution in [3.05, 3.63) is 0 Å². The SMILES string of the molecule is CC(C)(C(O)C(=O)O)C(O)(O)C(=O)O. The minimum atomic E-state index is -3.31. The first-order valence-corrected chi connectivity index (χ1v) is 3.64. The lowest BCUT2D eigenvalue weighted by Crippen LogP contribution is -2.58. The molecule has 0 saturated heterocycles. The third kappa shape index (κ3) is 1.84. The molecule has 5 N–H and O–H groups in total. The zero-order valence-electron chi connectivity index (χ0n) is 7.63. The standard InChI is InChI=1S/C7H12O7/c1-6(2,3(8)4(9)10)7(13,14)5(11)12/h3,8,13-14H,1-2H3,(H,9,10)(H,11,12). The Hall–Kier alpha value is -1.18. The van der Waals surface area contributed by atoms with E-state index in [0.29, 0.717) is 0 Å². The monoisotopic (exact) mass is 208 g/mol. The molecule has 0 amide bonds. The minimum Gasteiger partial charge on any atom is -0.479 e. The molecule has 0 aromatic carbocycles. The summed E-state index contributed by atoms with van der Waals surface area (Å²) in [5.74, 6) is -7.07. The van der Waals surface area contributed by atoms with Gasteiger partial charge in [-0.3, -0.25) is 0 Å². The molecule has 0 fully saturated rings. The van der Waals surface area contributed by atoms with Gasteiger partial charge in [0.15, 0.2) is 6.10 Å². The highest BCUT2D eigenvalue weighted by Crippen LogP contribution is 2.33. The molecule has 0 aliphatic rings. The van der Waals surface area contributed by atoms with Crippen molar-refractivity contribution in [1.82, 2.24) is 0 Å². The summed E-state index contributed by atoms with van der Waals surface area (Å²) >= 11 is 0. The van der Waals surface area contributed by atoms with E-state index in [1.165, 1.54) is 0 Å². The van der Waals surface area contributed by atoms with E-state index in [4.69, 9.17) is 25.5 Å². The van der Waals surface area contributed by atoms with Crippen molar-refractivity contribution in [2.45, 2.75) is 25.7 Å². The second-order valence-electron chi connectivity index (χ2n) is 3.44. The summed E-state index contributed by atoms with van der Waals surface area (Å²) in [7, 11) is 0. The van der Waals surface area contributed by atoms with Gasteiger partial charge in [0.2, 0.25) is 0 Å². The quantitative estimate of drug-likeness (QED) is 0.345. The molecule has 0 bridgehead atoms. The van der Waals surface area contributed by atoms with Crippen molar-refractivity contribution in [3.8, 4) is 0 Å². The number of carbonyl (C=O) groups is 2. The Kier molecular flexibility index (Phi) is 3.23. The first-order valence-electron chi connectivity index (χ1n) is 3.64. The summed E-state index contributed by atoms with van der Waals surface area (Å²) in [6, 6.07) is 0. The fourth-order valence-corrected chi connectivity index (χ4v) is 0.775. The van der Waals surface area contributed by atoms with Gasteiger partial charge in [-0.2, -0.15) is 0 Å². The maximum absolute atomic E-state index is 10.4. The van der Waals surface area contributed by atoms with Crippen molar-refractivity contribution in [2.24, 2.45) is 5.41 Å². The van der Waals surface area contributed by atoms with Gasteiger partial charge in [0, 0.05) is 0 Å². The predicted molar refractivity (Wildman–Crippen MR) is 42.2 cm³/mol. The molecular weight excluding hydrogens is 196 g/mol. The van der Waals surface area contributed by atoms with E-state index in [2.05, 4.69) is 0 Å². The van der Waals surface area contributed by atoms with Gasteiger partial charge in [0.05, 0.1) is 5.41 Å². The third-order valence-electron chi connectivity index (χ3n) is 2.11. The van der Waals surface area contributed by atoms with Crippen LogP contribution in [0, 0.1) is 5.41 Å². The Morgan fingerprint density at radius 1 is 1.14 bits per heavy atom. The largest absolute Gasteiger partial charge is 0.479 e. The lowest BCUT2D eigenvalue weighted by molar-refractivity contribution is -0.259. The van der Waals surface area contributed by atoms with E-state index in [1.54, 1.807) is 0 Å². The zero-order valence-corrected chi connectivity index (χ0v) is 7.63. The third-order valence-corrected chi connectivity index (χ3v) is 2.11. The molecule has 0 aliphatic carbocycles. The van der Waals surface area contributed by atoms with Crippen LogP contribution >= 0.6 is 0 Å². The van der Waals surface area contributed by atoms with Crippen LogP contribution < -0.4 is 0 Å². The second kappa shape index (κ2) is 3.52. The Morgan fingerprint density at radius 3 is 1.71 bits per heavy atom. The van der Waals surface area contributed by atoms with Crippen LogP contribution in [0.1, 0.15) is 13.8 Å². The normalized spacial score (nSPS) is 14.9. The van der Waals surface area contributed by atoms with Crippen molar-refractivity contribution < 1.29 is 35.1 Å². The zero-order chi connectivity index (χ0) is 11.7. The van der Waals surface area contributed by atoms with E-state index >= 15 is 0 Å². The van der Waals surface area contributed by atoms with Crippen molar-refractivity contribution in [1.29, 1.82) is 0 Å². The van der Waals surface area contributed by atoms with E-state index < -0.39 is 29.2 Å². The first kappa shape index (κ1) is 12.8. The van der Waals surface area contributed by atoms with E-state index in [9.17, 15) is 9.59 Å². The lowest BCUT2D eigenvalue weighted by Gasteiger charge is -2.36. The Bertz CT molecular complexity index is 255. The Balaban J connectivity index is 5.13. The summed E-state index contributed by atoms with van der Waals surface area (Å²) in [6.07, 6.45) is -2.20. The molecule has 82 valence electrons. The lowest BCUT2D eigenvalue weighted by atomic mass is 9.78. The Morgan fingerprint density at radius 2 is 1.50 bits per heavy atom. The highest BCUT2D eigenvalue weighted by atomic mass is 16.5. The van der Waals surface area contributed by atoms with Gasteiger partial charge >= 0.3 is 11.9 Å². The number of rotatable bonds is 4. The summed E-state index contributed by atoms with van der Waals surface area (Å²) in [4.78, 5) is 20.7. The maximum Gasteiger partial charge on any atom is 0.364 e. The van der Waals surface area contributed by atoms with Crippen LogP contribution in [-0.2, 0) is 9.59 Å². The van der Waals surface area contributed by atoms with Gasteiger partial charge < -0.3 is 25.5 Å². The number of aliphatic hydroxyl groups excluding tert-OH is 1. The van der Waals surface area contributed by atoms with Crippen molar-refractivity contribution in [3.63, 3.8) is 0 Å². The molecular formula is C7H12O7. The Labute approximate surface area is 79.2 Å². The van der Waals surface area contributed by atoms with Gasteiger partial charge in [-0.1, -0.05) is 13.8 Å². The molecule has 0 aliphatic heterocycles. The molecule has 7 nitrogen and oxygen atoms in total. The van der Waals surface area contributed by atoms with Crippen LogP contribution in [0.5, 0.6) is 0 Å². The van der Waals surface area contributed by atoms with E-state index in [1.807, 2.05) is 0 Å². The van der Waals surface area contributed by atoms with Gasteiger partial charge in [-0.05, 0) is 0 Å². The molecule has 1 atom stereocenters. The maximum atomic E-state index is 10.4. The summed E-state index contributed by atoms with van der Waals surface area (Å²) in [5, 5.41) is 44.0. The van der Waals surface area contributed by atoms with Crippen LogP contribution in [0.4, 0.5) is 0 Å². The minimum absolute atomic E-state index is 0.917. The summed E-state index contributed by atoms with van der Waals surface area (Å²) < 4.78 is 0. The van der Waals surface area contributed by atoms with E-state index in [0.717, 1.165) is 13.8 Å². The molecule has 0 aromatic rings. The van der Waals surface area contributed by atoms with Crippen LogP contribution in [-0.4, -0.2) is 49.4 Å². The fraction of sp³-hybridized carbons (Fsp3) is 0.714. The van der Waals surface area contributed by atoms with Crippen LogP contribution in [0.3, 0.4) is 0 Å². The number of aliphatic carboxylic acids is 2. The molecule has 0 heterocycles. The molecule has 14 heavy (non-hydrogen) atoms. The van der Waals surface area contributed by atoms with Gasteiger partial charge in [-0.25, -0.2) is 9.59 Å². The van der Waals surface area contributed by atoms with Crippen LogP contribution in [0.15, 0.2) is 0 Å². The van der Waals surface area contributed by atoms with Gasteiger partial charge in [0.25, 0.3) is 5.79 Å².